The van der Waals surface area contributed by atoms with Crippen LogP contribution in [-0.4, -0.2) is 47.3 Å². The third kappa shape index (κ3) is 13.3. The molecule has 22 heteroatoms. The van der Waals surface area contributed by atoms with Gasteiger partial charge in [0.05, 0.1) is 41.5 Å². The Morgan fingerprint density at radius 3 is 1.12 bits per heavy atom. The van der Waals surface area contributed by atoms with Crippen LogP contribution in [0.4, 0.5) is 34.1 Å². The number of benzene rings is 5. The molecule has 0 radical (unpaired) electrons. The number of nitrogens with zero attached hydrogens (tertiary/aromatic N) is 4. The highest BCUT2D eigenvalue weighted by atomic mass is 35.5. The zero-order valence-corrected chi connectivity index (χ0v) is 40.8. The second kappa shape index (κ2) is 23.0. The second-order valence-corrected chi connectivity index (χ2v) is 17.3. The van der Waals surface area contributed by atoms with Crippen LogP contribution in [0, 0.1) is 0 Å². The summed E-state index contributed by atoms with van der Waals surface area (Å²) in [6, 6.07) is 13.7. The van der Waals surface area contributed by atoms with E-state index in [0.717, 1.165) is 0 Å². The van der Waals surface area contributed by atoms with Gasteiger partial charge in [-0.1, -0.05) is 107 Å². The number of ketones is 2. The molecule has 5 rings (SSSR count). The van der Waals surface area contributed by atoms with Crippen LogP contribution in [0.5, 0.6) is 0 Å². The Hall–Kier alpha value is -5.16. The molecule has 0 saturated heterocycles. The molecule has 342 valence electrons. The predicted octanol–water partition coefficient (Wildman–Crippen LogP) is 13.9. The van der Waals surface area contributed by atoms with Gasteiger partial charge in [-0.3, -0.25) is 28.8 Å². The fourth-order valence-corrected chi connectivity index (χ4v) is 7.86. The molecule has 0 fully saturated rings. The Labute approximate surface area is 417 Å². The Balaban J connectivity index is 1.31. The number of rotatable bonds is 16. The van der Waals surface area contributed by atoms with Crippen molar-refractivity contribution in [2.24, 2.45) is 20.5 Å². The van der Waals surface area contributed by atoms with Gasteiger partial charge in [-0.05, 0) is 111 Å². The van der Waals surface area contributed by atoms with E-state index in [1.54, 1.807) is 0 Å². The van der Waals surface area contributed by atoms with Gasteiger partial charge < -0.3 is 21.3 Å². The zero-order valence-electron chi connectivity index (χ0n) is 34.8. The lowest BCUT2D eigenvalue weighted by molar-refractivity contribution is -0.127. The number of hydrogen-bond acceptors (Lipinski definition) is 10. The number of amides is 4. The van der Waals surface area contributed by atoms with Crippen LogP contribution < -0.4 is 21.3 Å². The van der Waals surface area contributed by atoms with Crippen molar-refractivity contribution in [2.75, 3.05) is 21.3 Å². The second-order valence-electron chi connectivity index (χ2n) is 14.1. The molecule has 0 aromatic heterocycles. The van der Waals surface area contributed by atoms with Crippen molar-refractivity contribution in [3.05, 3.63) is 135 Å². The summed E-state index contributed by atoms with van der Waals surface area (Å²) in [6.45, 7) is 5.99. The number of azo groups is 2. The van der Waals surface area contributed by atoms with Crippen molar-refractivity contribution >= 4 is 162 Å². The lowest BCUT2D eigenvalue weighted by Gasteiger charge is -2.20. The van der Waals surface area contributed by atoms with E-state index in [2.05, 4.69) is 41.7 Å². The maximum Gasteiger partial charge on any atom is 0.258 e. The van der Waals surface area contributed by atoms with Crippen LogP contribution in [0.25, 0.3) is 0 Å². The zero-order chi connectivity index (χ0) is 48.6. The highest BCUT2D eigenvalue weighted by molar-refractivity contribution is 6.49. The smallest absolute Gasteiger partial charge is 0.258 e. The Morgan fingerprint density at radius 1 is 0.485 bits per heavy atom. The molecule has 0 saturated carbocycles. The quantitative estimate of drug-likeness (QED) is 0.0430. The summed E-state index contributed by atoms with van der Waals surface area (Å²) in [4.78, 5) is 78.8. The van der Waals surface area contributed by atoms with Crippen molar-refractivity contribution in [1.82, 2.24) is 0 Å². The van der Waals surface area contributed by atoms with E-state index in [1.807, 2.05) is 13.8 Å². The summed E-state index contributed by atoms with van der Waals surface area (Å²) < 4.78 is 0. The fourth-order valence-electron chi connectivity index (χ4n) is 6.21. The molecule has 0 aliphatic heterocycles. The number of halogens is 8. The maximum absolute atomic E-state index is 13.6. The Bertz CT molecular complexity index is 2620. The van der Waals surface area contributed by atoms with E-state index < -0.39 is 47.3 Å². The number of carbonyl (C=O) groups is 6. The minimum Gasteiger partial charge on any atom is -0.323 e. The van der Waals surface area contributed by atoms with Crippen molar-refractivity contribution in [2.45, 2.75) is 52.6 Å². The van der Waals surface area contributed by atoms with Gasteiger partial charge in [0.1, 0.15) is 0 Å². The van der Waals surface area contributed by atoms with Gasteiger partial charge in [0, 0.05) is 43.9 Å². The molecule has 5 aromatic rings. The van der Waals surface area contributed by atoms with Gasteiger partial charge >= 0.3 is 0 Å². The first kappa shape index (κ1) is 51.8. The summed E-state index contributed by atoms with van der Waals surface area (Å²) in [5.41, 5.74) is 2.67. The first-order chi connectivity index (χ1) is 31.2. The summed E-state index contributed by atoms with van der Waals surface area (Å²) in [6.07, 6.45) is 0.740. The SMILES string of the molecule is CCc1c(NC(=O)C(N=Nc2cc(Cl)cc(C(=O)Nc3cc(Cl)c(Cl)c(Cl)c3)c2)C(C)=O)ccc(NC(=O)C(N=Nc2cc(Cl)cc(C(=O)Nc3cc(Cl)c(Cl)c(Cl)c3)c2)C(C)=O)c1CC. The van der Waals surface area contributed by atoms with E-state index >= 15 is 0 Å². The predicted molar refractivity (Wildman–Crippen MR) is 262 cm³/mol. The van der Waals surface area contributed by atoms with E-state index in [4.69, 9.17) is 92.8 Å². The standard InChI is InChI=1S/C44H34Cl8N8O6/c1-5-29-30(6-2)36(56-44(66)40(20(4)62)60-58-28-12-22(10-24(46)14-28)42(64)54-26-17-33(49)38(52)34(50)18-26)8-7-35(29)55-43(65)39(19(3)61)59-57-27-11-21(9-23(45)13-27)41(63)53-25-15-31(47)37(51)32(48)16-25/h7-18,39-40H,5-6H2,1-4H3,(H,53,63)(H,54,64)(H,55,65)(H,56,66). The molecule has 0 aliphatic rings. The Kier molecular flexibility index (Phi) is 18.1. The third-order valence-corrected chi connectivity index (χ3v) is 12.1. The molecule has 0 aliphatic carbocycles. The molecule has 2 atom stereocenters. The van der Waals surface area contributed by atoms with Gasteiger partial charge in [0.2, 0.25) is 12.1 Å². The van der Waals surface area contributed by atoms with Crippen LogP contribution in [-0.2, 0) is 32.0 Å². The summed E-state index contributed by atoms with van der Waals surface area (Å²) in [7, 11) is 0. The summed E-state index contributed by atoms with van der Waals surface area (Å²) in [5, 5.41) is 27.8. The van der Waals surface area contributed by atoms with E-state index in [9.17, 15) is 28.8 Å². The number of carbonyl (C=O) groups excluding carboxylic acids is 6. The minimum absolute atomic E-state index is 0.0667. The van der Waals surface area contributed by atoms with Crippen LogP contribution in [0.3, 0.4) is 0 Å². The number of anilines is 4. The lowest BCUT2D eigenvalue weighted by atomic mass is 9.98. The van der Waals surface area contributed by atoms with Crippen LogP contribution in [0.1, 0.15) is 59.5 Å². The molecule has 4 amide bonds. The number of Topliss-reactive ketones (excluding diaryl/α,β-unsaturated/α-hetero) is 2. The van der Waals surface area contributed by atoms with E-state index in [1.165, 1.54) is 86.6 Å². The first-order valence-electron chi connectivity index (χ1n) is 19.3. The minimum atomic E-state index is -1.61. The molecule has 0 heterocycles. The Morgan fingerprint density at radius 2 is 0.818 bits per heavy atom. The van der Waals surface area contributed by atoms with Crippen molar-refractivity contribution in [3.8, 4) is 0 Å². The van der Waals surface area contributed by atoms with Crippen molar-refractivity contribution < 1.29 is 28.8 Å². The third-order valence-electron chi connectivity index (χ3n) is 9.27. The molecule has 2 unspecified atom stereocenters. The topological polar surface area (TPSA) is 200 Å². The molecular weight excluding hydrogens is 1020 g/mol. The maximum atomic E-state index is 13.6. The average Bonchev–Trinajstić information content (AvgIpc) is 3.24. The van der Waals surface area contributed by atoms with Gasteiger partial charge in [0.15, 0.2) is 11.6 Å². The molecule has 0 spiro atoms. The normalized spacial score (nSPS) is 12.2. The molecule has 14 nitrogen and oxygen atoms in total. The van der Waals surface area contributed by atoms with Crippen molar-refractivity contribution in [3.63, 3.8) is 0 Å². The molecule has 66 heavy (non-hydrogen) atoms. The monoisotopic (exact) mass is 1050 g/mol. The highest BCUT2D eigenvalue weighted by Crippen LogP contribution is 2.36. The number of hydrogen-bond donors (Lipinski definition) is 4. The number of nitrogens with one attached hydrogen (secondary N) is 4. The fraction of sp³-hybridized carbons (Fsp3) is 0.182. The van der Waals surface area contributed by atoms with E-state index in [0.29, 0.717) is 35.3 Å². The molecule has 0 bridgehead atoms. The largest absolute Gasteiger partial charge is 0.323 e. The van der Waals surface area contributed by atoms with E-state index in [-0.39, 0.29) is 74.1 Å². The van der Waals surface area contributed by atoms with Gasteiger partial charge in [-0.2, -0.15) is 20.5 Å². The summed E-state index contributed by atoms with van der Waals surface area (Å²) >= 11 is 48.9. The van der Waals surface area contributed by atoms with Crippen molar-refractivity contribution in [1.29, 1.82) is 0 Å². The van der Waals surface area contributed by atoms with Gasteiger partial charge in [-0.15, -0.1) is 0 Å². The van der Waals surface area contributed by atoms with Crippen LogP contribution in [0.2, 0.25) is 40.2 Å². The molecule has 5 aromatic carbocycles. The van der Waals surface area contributed by atoms with Gasteiger partial charge in [-0.25, -0.2) is 0 Å². The van der Waals surface area contributed by atoms with Gasteiger partial charge in [0.25, 0.3) is 23.6 Å². The highest BCUT2D eigenvalue weighted by Gasteiger charge is 2.27. The first-order valence-corrected chi connectivity index (χ1v) is 22.3. The molecule has 4 N–H and O–H groups in total. The van der Waals surface area contributed by atoms with Crippen LogP contribution >= 0.6 is 92.8 Å². The average molecular weight is 1050 g/mol. The molecular formula is C44H34Cl8N8O6. The summed E-state index contributed by atoms with van der Waals surface area (Å²) in [5.74, 6) is -4.11. The lowest BCUT2D eigenvalue weighted by Crippen LogP contribution is -2.33. The van der Waals surface area contributed by atoms with Crippen LogP contribution in [0.15, 0.2) is 93.3 Å².